The van der Waals surface area contributed by atoms with Gasteiger partial charge in [-0.15, -0.1) is 0 Å². The van der Waals surface area contributed by atoms with Gasteiger partial charge in [-0.25, -0.2) is 0 Å². The van der Waals surface area contributed by atoms with Crippen LogP contribution >= 0.6 is 0 Å². The first-order valence-electron chi connectivity index (χ1n) is 8.68. The topological polar surface area (TPSA) is 74.6 Å². The van der Waals surface area contributed by atoms with Crippen molar-refractivity contribution in [3.63, 3.8) is 0 Å². The second-order valence-electron chi connectivity index (χ2n) is 7.15. The molecule has 8 nitrogen and oxygen atoms in total. The summed E-state index contributed by atoms with van der Waals surface area (Å²) < 4.78 is 1.70. The number of hydrogen-bond acceptors (Lipinski definition) is 5. The Balaban J connectivity index is 1.56. The van der Waals surface area contributed by atoms with Gasteiger partial charge in [0.15, 0.2) is 0 Å². The number of carbonyl (C=O) groups excluding carboxylic acids is 2. The lowest BCUT2D eigenvalue weighted by Gasteiger charge is -2.46. The van der Waals surface area contributed by atoms with E-state index >= 15 is 0 Å². The Bertz CT molecular complexity index is 835. The summed E-state index contributed by atoms with van der Waals surface area (Å²) >= 11 is 0. The molecule has 2 aromatic heterocycles. The smallest absolute Gasteiger partial charge is 0.254 e. The molecule has 8 heteroatoms. The van der Waals surface area contributed by atoms with Crippen LogP contribution in [0, 0.1) is 0 Å². The number of pyridine rings is 1. The molecule has 1 unspecified atom stereocenters. The normalized spacial score (nSPS) is 23.8. The number of carbonyl (C=O) groups is 2. The molecule has 1 spiro atoms. The Hall–Kier alpha value is -2.74. The van der Waals surface area contributed by atoms with Gasteiger partial charge in [0.1, 0.15) is 0 Å². The molecule has 2 aromatic rings. The number of anilines is 1. The highest BCUT2D eigenvalue weighted by Gasteiger charge is 2.48. The maximum Gasteiger partial charge on any atom is 0.254 e. The van der Waals surface area contributed by atoms with E-state index in [1.807, 2.05) is 25.2 Å². The van der Waals surface area contributed by atoms with E-state index in [1.165, 1.54) is 0 Å². The van der Waals surface area contributed by atoms with Gasteiger partial charge in [0, 0.05) is 50.8 Å². The molecule has 2 aliphatic heterocycles. The molecule has 0 aromatic carbocycles. The highest BCUT2D eigenvalue weighted by Crippen LogP contribution is 2.33. The number of nitrogens with zero attached hydrogens (tertiary/aromatic N) is 6. The lowest BCUT2D eigenvalue weighted by atomic mass is 9.93. The van der Waals surface area contributed by atoms with Gasteiger partial charge in [0.2, 0.25) is 5.91 Å². The third kappa shape index (κ3) is 2.76. The number of rotatable bonds is 2. The van der Waals surface area contributed by atoms with Crippen LogP contribution in [-0.4, -0.2) is 75.1 Å². The number of aryl methyl sites for hydroxylation is 1. The largest absolute Gasteiger partial charge is 0.337 e. The first-order chi connectivity index (χ1) is 12.5. The molecule has 4 heterocycles. The third-order valence-corrected chi connectivity index (χ3v) is 5.49. The second kappa shape index (κ2) is 6.21. The Morgan fingerprint density at radius 1 is 1.19 bits per heavy atom. The summed E-state index contributed by atoms with van der Waals surface area (Å²) in [6, 6.07) is 3.48. The van der Waals surface area contributed by atoms with Gasteiger partial charge in [-0.3, -0.25) is 24.2 Å². The fraction of sp³-hybridized carbons (Fsp3) is 0.444. The number of likely N-dealkylation sites (tertiary alicyclic amines) is 1. The fourth-order valence-electron chi connectivity index (χ4n) is 3.89. The van der Waals surface area contributed by atoms with Crippen LogP contribution in [0.2, 0.25) is 0 Å². The van der Waals surface area contributed by atoms with Gasteiger partial charge in [-0.2, -0.15) is 5.10 Å². The first-order valence-corrected chi connectivity index (χ1v) is 8.68. The SMILES string of the molecule is CN1CC(=O)N(c2cnn(C)c2)CC12CCN(C(=O)c1ccncc1)C2. The van der Waals surface area contributed by atoms with Crippen molar-refractivity contribution in [1.29, 1.82) is 0 Å². The molecule has 2 amide bonds. The van der Waals surface area contributed by atoms with Crippen LogP contribution in [0.3, 0.4) is 0 Å². The van der Waals surface area contributed by atoms with Crippen molar-refractivity contribution < 1.29 is 9.59 Å². The van der Waals surface area contributed by atoms with Crippen molar-refractivity contribution >= 4 is 17.5 Å². The van der Waals surface area contributed by atoms with Gasteiger partial charge >= 0.3 is 0 Å². The predicted molar refractivity (Wildman–Crippen MR) is 95.7 cm³/mol. The summed E-state index contributed by atoms with van der Waals surface area (Å²) in [5.74, 6) is 0.0764. The maximum atomic E-state index is 12.8. The Labute approximate surface area is 152 Å². The molecule has 2 saturated heterocycles. The lowest BCUT2D eigenvalue weighted by molar-refractivity contribution is -0.123. The van der Waals surface area contributed by atoms with Crippen molar-refractivity contribution in [2.75, 3.05) is 38.1 Å². The minimum absolute atomic E-state index is 0.0162. The van der Waals surface area contributed by atoms with Crippen molar-refractivity contribution in [3.05, 3.63) is 42.5 Å². The minimum Gasteiger partial charge on any atom is -0.337 e. The number of amides is 2. The van der Waals surface area contributed by atoms with E-state index in [1.54, 1.807) is 40.3 Å². The zero-order chi connectivity index (χ0) is 18.3. The van der Waals surface area contributed by atoms with Crippen molar-refractivity contribution in [2.24, 2.45) is 7.05 Å². The monoisotopic (exact) mass is 354 g/mol. The molecular formula is C18H22N6O2. The van der Waals surface area contributed by atoms with Crippen LogP contribution in [0.15, 0.2) is 36.9 Å². The lowest BCUT2D eigenvalue weighted by Crippen LogP contribution is -2.64. The summed E-state index contributed by atoms with van der Waals surface area (Å²) in [6.07, 6.45) is 7.67. The Morgan fingerprint density at radius 3 is 2.65 bits per heavy atom. The zero-order valence-electron chi connectivity index (χ0n) is 15.0. The summed E-state index contributed by atoms with van der Waals surface area (Å²) in [6.45, 7) is 2.19. The van der Waals surface area contributed by atoms with E-state index < -0.39 is 0 Å². The molecular weight excluding hydrogens is 332 g/mol. The molecule has 0 bridgehead atoms. The quantitative estimate of drug-likeness (QED) is 0.779. The molecule has 0 radical (unpaired) electrons. The number of likely N-dealkylation sites (N-methyl/N-ethyl adjacent to an activating group) is 1. The average molecular weight is 354 g/mol. The second-order valence-corrected chi connectivity index (χ2v) is 7.15. The van der Waals surface area contributed by atoms with Crippen LogP contribution in [0.25, 0.3) is 0 Å². The molecule has 4 rings (SSSR count). The van der Waals surface area contributed by atoms with E-state index in [4.69, 9.17) is 0 Å². The van der Waals surface area contributed by atoms with Gasteiger partial charge < -0.3 is 9.80 Å². The predicted octanol–water partition coefficient (Wildman–Crippen LogP) is 0.378. The average Bonchev–Trinajstić information content (AvgIpc) is 3.26. The number of hydrogen-bond donors (Lipinski definition) is 0. The van der Waals surface area contributed by atoms with Gasteiger partial charge in [0.25, 0.3) is 5.91 Å². The third-order valence-electron chi connectivity index (χ3n) is 5.49. The van der Waals surface area contributed by atoms with Crippen LogP contribution in [-0.2, 0) is 11.8 Å². The number of piperazine rings is 1. The van der Waals surface area contributed by atoms with E-state index in [0.29, 0.717) is 31.7 Å². The van der Waals surface area contributed by atoms with Gasteiger partial charge in [-0.1, -0.05) is 0 Å². The summed E-state index contributed by atoms with van der Waals surface area (Å²) in [5, 5.41) is 4.18. The fourth-order valence-corrected chi connectivity index (χ4v) is 3.89. The van der Waals surface area contributed by atoms with Crippen LogP contribution < -0.4 is 4.90 Å². The molecule has 2 fully saturated rings. The highest BCUT2D eigenvalue weighted by atomic mass is 16.2. The van der Waals surface area contributed by atoms with Crippen molar-refractivity contribution in [1.82, 2.24) is 24.6 Å². The molecule has 0 N–H and O–H groups in total. The van der Waals surface area contributed by atoms with Crippen molar-refractivity contribution in [3.8, 4) is 0 Å². The zero-order valence-corrected chi connectivity index (χ0v) is 15.0. The minimum atomic E-state index is -0.230. The van der Waals surface area contributed by atoms with Crippen LogP contribution in [0.1, 0.15) is 16.8 Å². The van der Waals surface area contributed by atoms with Crippen LogP contribution in [0.5, 0.6) is 0 Å². The maximum absolute atomic E-state index is 12.8. The molecule has 2 aliphatic rings. The van der Waals surface area contributed by atoms with Crippen molar-refractivity contribution in [2.45, 2.75) is 12.0 Å². The molecule has 0 saturated carbocycles. The summed E-state index contributed by atoms with van der Waals surface area (Å²) in [7, 11) is 3.81. The van der Waals surface area contributed by atoms with Gasteiger partial charge in [-0.05, 0) is 25.6 Å². The summed E-state index contributed by atoms with van der Waals surface area (Å²) in [4.78, 5) is 35.1. The Morgan fingerprint density at radius 2 is 1.96 bits per heavy atom. The van der Waals surface area contributed by atoms with E-state index in [0.717, 1.165) is 12.1 Å². The molecule has 26 heavy (non-hydrogen) atoms. The molecule has 1 atom stereocenters. The highest BCUT2D eigenvalue weighted by molar-refractivity contribution is 5.96. The standard InChI is InChI=1S/C18H22N6O2/c1-21-11-16(25)24(15-9-20-22(2)10-15)13-18(21)5-8-23(12-18)17(26)14-3-6-19-7-4-14/h3-4,6-7,9-10H,5,8,11-13H2,1-2H3. The van der Waals surface area contributed by atoms with E-state index in [-0.39, 0.29) is 17.4 Å². The molecule has 0 aliphatic carbocycles. The van der Waals surface area contributed by atoms with Crippen LogP contribution in [0.4, 0.5) is 5.69 Å². The molecule has 136 valence electrons. The van der Waals surface area contributed by atoms with E-state index in [9.17, 15) is 9.59 Å². The number of aromatic nitrogens is 3. The summed E-state index contributed by atoms with van der Waals surface area (Å²) in [5.41, 5.74) is 1.23. The Kier molecular flexibility index (Phi) is 3.99. The van der Waals surface area contributed by atoms with E-state index in [2.05, 4.69) is 15.0 Å². The van der Waals surface area contributed by atoms with Gasteiger partial charge in [0.05, 0.1) is 24.0 Å². The first kappa shape index (κ1) is 16.7.